The van der Waals surface area contributed by atoms with Crippen LogP contribution in [-0.4, -0.2) is 36.1 Å². The molecule has 0 bridgehead atoms. The van der Waals surface area contributed by atoms with E-state index >= 15 is 0 Å². The minimum absolute atomic E-state index is 0.0165. The molecule has 1 aromatic carbocycles. The van der Waals surface area contributed by atoms with Crippen molar-refractivity contribution in [1.82, 2.24) is 0 Å². The first-order valence-electron chi connectivity index (χ1n) is 5.86. The van der Waals surface area contributed by atoms with Crippen molar-refractivity contribution in [2.45, 2.75) is 18.3 Å². The van der Waals surface area contributed by atoms with Gasteiger partial charge in [0.1, 0.15) is 5.25 Å². The van der Waals surface area contributed by atoms with Gasteiger partial charge in [-0.05, 0) is 6.07 Å². The van der Waals surface area contributed by atoms with Gasteiger partial charge in [-0.25, -0.2) is 0 Å². The first-order valence-corrected chi connectivity index (χ1v) is 7.30. The molecule has 0 radical (unpaired) electrons. The molecule has 2 rings (SSSR count). The normalized spacial score (nSPS) is 19.0. The second-order valence-electron chi connectivity index (χ2n) is 4.53. The first-order chi connectivity index (χ1) is 9.74. The van der Waals surface area contributed by atoms with Crippen LogP contribution >= 0.6 is 0 Å². The van der Waals surface area contributed by atoms with Crippen LogP contribution in [-0.2, 0) is 21.6 Å². The molecule has 10 heteroatoms. The molecule has 1 fully saturated rings. The number of carbonyl (C=O) groups excluding carboxylic acids is 1. The number of aliphatic hydroxyl groups excluding tert-OH is 1. The summed E-state index contributed by atoms with van der Waals surface area (Å²) in [5, 5.41) is 18.5. The molecule has 0 aromatic heterocycles. The Balaban J connectivity index is 2.43. The van der Waals surface area contributed by atoms with Gasteiger partial charge in [0.15, 0.2) is 0 Å². The summed E-state index contributed by atoms with van der Waals surface area (Å²) in [4.78, 5) is 22.8. The molecular formula is C11H11FN2O6S. The fraction of sp³-hybridized carbons (Fsp3) is 0.364. The summed E-state index contributed by atoms with van der Waals surface area (Å²) in [6, 6.07) is 3.47. The highest BCUT2D eigenvalue weighted by atomic mass is 32.3. The van der Waals surface area contributed by atoms with Gasteiger partial charge in [-0.15, -0.1) is 3.89 Å². The van der Waals surface area contributed by atoms with E-state index in [4.69, 9.17) is 0 Å². The maximum atomic E-state index is 13.0. The Morgan fingerprint density at radius 3 is 2.62 bits per heavy atom. The Bertz CT molecular complexity index is 705. The van der Waals surface area contributed by atoms with Gasteiger partial charge in [-0.2, -0.15) is 8.42 Å². The third-order valence-electron chi connectivity index (χ3n) is 3.23. The van der Waals surface area contributed by atoms with E-state index in [9.17, 15) is 32.3 Å². The van der Waals surface area contributed by atoms with Crippen molar-refractivity contribution in [3.05, 3.63) is 33.9 Å². The van der Waals surface area contributed by atoms with Gasteiger partial charge in [0, 0.05) is 30.7 Å². The lowest BCUT2D eigenvalue weighted by Gasteiger charge is -2.19. The van der Waals surface area contributed by atoms with Crippen molar-refractivity contribution in [1.29, 1.82) is 0 Å². The molecule has 1 unspecified atom stereocenters. The van der Waals surface area contributed by atoms with E-state index in [-0.39, 0.29) is 16.9 Å². The summed E-state index contributed by atoms with van der Waals surface area (Å²) in [6.45, 7) is -0.935. The number of hydrogen-bond donors (Lipinski definition) is 1. The SMILES string of the molecule is O=C1CC(S(=O)(=O)F)CN1c1cc([N+](=O)[O-])ccc1CO. The van der Waals surface area contributed by atoms with Crippen molar-refractivity contribution in [2.24, 2.45) is 0 Å². The fourth-order valence-corrected chi connectivity index (χ4v) is 2.82. The van der Waals surface area contributed by atoms with Gasteiger partial charge in [-0.1, -0.05) is 0 Å². The maximum absolute atomic E-state index is 13.0. The number of carbonyl (C=O) groups is 1. The highest BCUT2D eigenvalue weighted by molar-refractivity contribution is 7.87. The lowest BCUT2D eigenvalue weighted by atomic mass is 10.1. The average molecular weight is 318 g/mol. The number of amides is 1. The van der Waals surface area contributed by atoms with Crippen molar-refractivity contribution in [3.8, 4) is 0 Å². The van der Waals surface area contributed by atoms with Gasteiger partial charge >= 0.3 is 10.2 Å². The van der Waals surface area contributed by atoms with Gasteiger partial charge in [0.05, 0.1) is 17.2 Å². The van der Waals surface area contributed by atoms with Crippen LogP contribution in [0, 0.1) is 10.1 Å². The van der Waals surface area contributed by atoms with Gasteiger partial charge in [0.2, 0.25) is 5.91 Å². The van der Waals surface area contributed by atoms with Crippen LogP contribution in [0.1, 0.15) is 12.0 Å². The number of nitro benzene ring substituents is 1. The van der Waals surface area contributed by atoms with Crippen molar-refractivity contribution in [2.75, 3.05) is 11.4 Å². The molecule has 21 heavy (non-hydrogen) atoms. The third kappa shape index (κ3) is 3.00. The van der Waals surface area contributed by atoms with Crippen molar-refractivity contribution in [3.63, 3.8) is 0 Å². The minimum atomic E-state index is -4.88. The molecule has 1 saturated heterocycles. The number of hydrogen-bond acceptors (Lipinski definition) is 6. The number of non-ortho nitro benzene ring substituents is 1. The molecule has 1 atom stereocenters. The summed E-state index contributed by atoms with van der Waals surface area (Å²) < 4.78 is 34.7. The van der Waals surface area contributed by atoms with Crippen LogP contribution in [0.25, 0.3) is 0 Å². The fourth-order valence-electron chi connectivity index (χ4n) is 2.15. The number of rotatable bonds is 4. The summed E-state index contributed by atoms with van der Waals surface area (Å²) in [7, 11) is -4.88. The molecular weight excluding hydrogens is 307 g/mol. The van der Waals surface area contributed by atoms with Crippen LogP contribution in [0.15, 0.2) is 18.2 Å². The number of benzene rings is 1. The Hall–Kier alpha value is -2.07. The molecule has 114 valence electrons. The summed E-state index contributed by atoms with van der Waals surface area (Å²) in [5.41, 5.74) is -0.0877. The molecule has 0 aliphatic carbocycles. The Labute approximate surface area is 119 Å². The lowest BCUT2D eigenvalue weighted by Crippen LogP contribution is -2.28. The number of anilines is 1. The largest absolute Gasteiger partial charge is 0.392 e. The van der Waals surface area contributed by atoms with Gasteiger partial charge in [0.25, 0.3) is 5.69 Å². The number of nitro groups is 1. The summed E-state index contributed by atoms with van der Waals surface area (Å²) in [6.07, 6.45) is -0.535. The van der Waals surface area contributed by atoms with E-state index in [0.29, 0.717) is 0 Å². The van der Waals surface area contributed by atoms with Crippen molar-refractivity contribution >= 4 is 27.5 Å². The minimum Gasteiger partial charge on any atom is -0.392 e. The Kier molecular flexibility index (Phi) is 3.92. The zero-order valence-electron chi connectivity index (χ0n) is 10.6. The Morgan fingerprint density at radius 1 is 1.48 bits per heavy atom. The third-order valence-corrected chi connectivity index (χ3v) is 4.34. The molecule has 1 amide bonds. The standard InChI is InChI=1S/C11H11FN2O6S/c12-21(19,20)9-4-11(16)13(5-9)10-3-8(14(17)18)2-1-7(10)6-15/h1-3,9,15H,4-6H2. The smallest absolute Gasteiger partial charge is 0.307 e. The zero-order chi connectivity index (χ0) is 15.8. The number of halogens is 1. The number of nitrogens with zero attached hydrogens (tertiary/aromatic N) is 2. The van der Waals surface area contributed by atoms with E-state index in [0.717, 1.165) is 17.0 Å². The molecule has 1 aliphatic rings. The maximum Gasteiger partial charge on any atom is 0.307 e. The summed E-state index contributed by atoms with van der Waals surface area (Å²) >= 11 is 0. The summed E-state index contributed by atoms with van der Waals surface area (Å²) in [5.74, 6) is -0.670. The Morgan fingerprint density at radius 2 is 2.14 bits per heavy atom. The van der Waals surface area contributed by atoms with E-state index in [1.165, 1.54) is 6.07 Å². The van der Waals surface area contributed by atoms with Gasteiger partial charge in [-0.3, -0.25) is 14.9 Å². The monoisotopic (exact) mass is 318 g/mol. The number of aliphatic hydroxyl groups is 1. The zero-order valence-corrected chi connectivity index (χ0v) is 11.4. The second-order valence-corrected chi connectivity index (χ2v) is 6.15. The second kappa shape index (κ2) is 5.37. The van der Waals surface area contributed by atoms with Crippen LogP contribution in [0.4, 0.5) is 15.3 Å². The van der Waals surface area contributed by atoms with E-state index in [2.05, 4.69) is 0 Å². The molecule has 1 aliphatic heterocycles. The predicted octanol–water partition coefficient (Wildman–Crippen LogP) is 0.492. The molecule has 1 heterocycles. The molecule has 0 saturated carbocycles. The predicted molar refractivity (Wildman–Crippen MR) is 69.8 cm³/mol. The van der Waals surface area contributed by atoms with Crippen LogP contribution in [0.5, 0.6) is 0 Å². The highest BCUT2D eigenvalue weighted by Gasteiger charge is 2.40. The molecule has 8 nitrogen and oxygen atoms in total. The van der Waals surface area contributed by atoms with E-state index < -0.39 is 45.9 Å². The molecule has 0 spiro atoms. The average Bonchev–Trinajstić information content (AvgIpc) is 2.79. The quantitative estimate of drug-likeness (QED) is 0.490. The molecule has 1 N–H and O–H groups in total. The van der Waals surface area contributed by atoms with E-state index in [1.54, 1.807) is 0 Å². The van der Waals surface area contributed by atoms with E-state index in [1.807, 2.05) is 0 Å². The van der Waals surface area contributed by atoms with Crippen molar-refractivity contribution < 1.29 is 27.1 Å². The lowest BCUT2D eigenvalue weighted by molar-refractivity contribution is -0.384. The topological polar surface area (TPSA) is 118 Å². The highest BCUT2D eigenvalue weighted by Crippen LogP contribution is 2.31. The van der Waals surface area contributed by atoms with Crippen LogP contribution < -0.4 is 4.90 Å². The molecule has 1 aromatic rings. The van der Waals surface area contributed by atoms with Crippen LogP contribution in [0.2, 0.25) is 0 Å². The van der Waals surface area contributed by atoms with Crippen LogP contribution in [0.3, 0.4) is 0 Å². The van der Waals surface area contributed by atoms with Gasteiger partial charge < -0.3 is 10.0 Å². The first kappa shape index (κ1) is 15.3.